The zero-order chi connectivity index (χ0) is 19.6. The summed E-state index contributed by atoms with van der Waals surface area (Å²) in [7, 11) is -4.01. The number of nitrogens with one attached hydrogen (secondary N) is 3. The van der Waals surface area contributed by atoms with Crippen LogP contribution in [-0.2, 0) is 14.8 Å². The van der Waals surface area contributed by atoms with E-state index >= 15 is 0 Å². The molecule has 1 aliphatic heterocycles. The zero-order valence-electron chi connectivity index (χ0n) is 15.2. The first-order chi connectivity index (χ1) is 12.0. The first kappa shape index (κ1) is 20.2. The van der Waals surface area contributed by atoms with Crippen LogP contribution in [0.1, 0.15) is 57.1 Å². The van der Waals surface area contributed by atoms with Crippen molar-refractivity contribution < 1.29 is 22.4 Å². The molecule has 1 aromatic rings. The fourth-order valence-electron chi connectivity index (χ4n) is 2.85. The molecule has 0 aromatic heterocycles. The molecule has 26 heavy (non-hydrogen) atoms. The van der Waals surface area contributed by atoms with Gasteiger partial charge in [0.15, 0.2) is 0 Å². The van der Waals surface area contributed by atoms with Gasteiger partial charge < -0.3 is 10.6 Å². The Labute approximate surface area is 152 Å². The van der Waals surface area contributed by atoms with Crippen molar-refractivity contribution in [3.63, 3.8) is 0 Å². The summed E-state index contributed by atoms with van der Waals surface area (Å²) in [5, 5.41) is 3.98. The highest BCUT2D eigenvalue weighted by molar-refractivity contribution is 7.90. The maximum atomic E-state index is 13.9. The Bertz CT molecular complexity index is 792. The normalized spacial score (nSPS) is 17.5. The molecule has 0 spiro atoms. The summed E-state index contributed by atoms with van der Waals surface area (Å²) < 4.78 is 40.4. The quantitative estimate of drug-likeness (QED) is 0.724. The molecule has 2 rings (SSSR count). The number of anilines is 1. The molecule has 0 bridgehead atoms. The Morgan fingerprint density at radius 1 is 1.19 bits per heavy atom. The van der Waals surface area contributed by atoms with E-state index in [0.29, 0.717) is 16.8 Å². The summed E-state index contributed by atoms with van der Waals surface area (Å²) in [5.74, 6) is -0.937. The molecule has 1 aromatic carbocycles. The summed E-state index contributed by atoms with van der Waals surface area (Å²) >= 11 is 0. The Morgan fingerprint density at radius 2 is 1.73 bits per heavy atom. The summed E-state index contributed by atoms with van der Waals surface area (Å²) in [5.41, 5.74) is 1.57. The summed E-state index contributed by atoms with van der Waals surface area (Å²) in [4.78, 5) is 23.5. The lowest BCUT2D eigenvalue weighted by atomic mass is 9.92. The number of amides is 3. The van der Waals surface area contributed by atoms with Crippen molar-refractivity contribution in [2.75, 3.05) is 11.9 Å². The lowest BCUT2D eigenvalue weighted by molar-refractivity contribution is -0.119. The van der Waals surface area contributed by atoms with Gasteiger partial charge in [-0.1, -0.05) is 27.7 Å². The molecule has 0 aliphatic carbocycles. The number of hydrogen-bond acceptors (Lipinski definition) is 4. The van der Waals surface area contributed by atoms with Gasteiger partial charge >= 0.3 is 6.03 Å². The Morgan fingerprint density at radius 3 is 2.15 bits per heavy atom. The van der Waals surface area contributed by atoms with Gasteiger partial charge in [0.25, 0.3) is 0 Å². The van der Waals surface area contributed by atoms with Crippen molar-refractivity contribution in [3.05, 3.63) is 29.1 Å². The Hall–Kier alpha value is -2.16. The molecule has 1 aliphatic rings. The minimum atomic E-state index is -4.01. The average Bonchev–Trinajstić information content (AvgIpc) is 2.95. The van der Waals surface area contributed by atoms with Crippen LogP contribution < -0.4 is 15.4 Å². The lowest BCUT2D eigenvalue weighted by Gasteiger charge is -2.21. The second-order valence-corrected chi connectivity index (χ2v) is 8.96. The van der Waals surface area contributed by atoms with E-state index in [4.69, 9.17) is 0 Å². The smallest absolute Gasteiger partial charge is 0.332 e. The molecular weight excluding hydrogens is 361 g/mol. The monoisotopic (exact) mass is 385 g/mol. The van der Waals surface area contributed by atoms with Gasteiger partial charge in [-0.05, 0) is 35.1 Å². The molecule has 144 valence electrons. The SMILES string of the molecule is CC(C)c1cc(F)cc(C(C)C)c1NC(=O)NS(=O)(=O)C1CNC(=O)C1. The predicted molar refractivity (Wildman–Crippen MR) is 97.1 cm³/mol. The number of carbonyl (C=O) groups is 2. The Kier molecular flexibility index (Phi) is 5.90. The van der Waals surface area contributed by atoms with Gasteiger partial charge in [-0.25, -0.2) is 22.3 Å². The molecule has 0 radical (unpaired) electrons. The number of sulfonamides is 1. The summed E-state index contributed by atoms with van der Waals surface area (Å²) in [6, 6.07) is 1.74. The second kappa shape index (κ2) is 7.61. The first-order valence-corrected chi connectivity index (χ1v) is 9.98. The third-order valence-corrected chi connectivity index (χ3v) is 5.94. The number of halogens is 1. The molecule has 1 unspecified atom stereocenters. The van der Waals surface area contributed by atoms with Crippen LogP contribution in [0.4, 0.5) is 14.9 Å². The van der Waals surface area contributed by atoms with Crippen LogP contribution in [-0.4, -0.2) is 32.2 Å². The van der Waals surface area contributed by atoms with E-state index < -0.39 is 27.1 Å². The van der Waals surface area contributed by atoms with Crippen LogP contribution in [0.25, 0.3) is 0 Å². The van der Waals surface area contributed by atoms with Crippen molar-refractivity contribution >= 4 is 27.6 Å². The summed E-state index contributed by atoms with van der Waals surface area (Å²) in [6.07, 6.45) is -0.187. The van der Waals surface area contributed by atoms with Gasteiger partial charge in [0, 0.05) is 18.7 Å². The van der Waals surface area contributed by atoms with Gasteiger partial charge in [0.1, 0.15) is 11.1 Å². The first-order valence-electron chi connectivity index (χ1n) is 8.44. The third kappa shape index (κ3) is 4.51. The maximum Gasteiger partial charge on any atom is 0.332 e. The minimum absolute atomic E-state index is 0.0352. The molecule has 1 saturated heterocycles. The number of carbonyl (C=O) groups excluding carboxylic acids is 2. The number of benzene rings is 1. The minimum Gasteiger partial charge on any atom is -0.355 e. The van der Waals surface area contributed by atoms with E-state index in [1.54, 1.807) is 0 Å². The van der Waals surface area contributed by atoms with Crippen LogP contribution >= 0.6 is 0 Å². The standard InChI is InChI=1S/C17H24FN3O4S/c1-9(2)13-5-11(18)6-14(10(3)4)16(13)20-17(23)21-26(24,25)12-7-15(22)19-8-12/h5-6,9-10,12H,7-8H2,1-4H3,(H,19,22)(H2,20,21,23). The van der Waals surface area contributed by atoms with Crippen LogP contribution in [0.15, 0.2) is 12.1 Å². The van der Waals surface area contributed by atoms with Crippen molar-refractivity contribution in [2.45, 2.75) is 51.2 Å². The fourth-order valence-corrected chi connectivity index (χ4v) is 4.00. The van der Waals surface area contributed by atoms with Crippen molar-refractivity contribution in [1.29, 1.82) is 0 Å². The fraction of sp³-hybridized carbons (Fsp3) is 0.529. The molecule has 1 heterocycles. The Balaban J connectivity index is 2.27. The van der Waals surface area contributed by atoms with E-state index in [9.17, 15) is 22.4 Å². The van der Waals surface area contributed by atoms with Gasteiger partial charge in [0.05, 0.1) is 0 Å². The van der Waals surface area contributed by atoms with Gasteiger partial charge in [-0.3, -0.25) is 4.79 Å². The van der Waals surface area contributed by atoms with E-state index in [1.165, 1.54) is 12.1 Å². The van der Waals surface area contributed by atoms with E-state index in [2.05, 4.69) is 10.6 Å². The lowest BCUT2D eigenvalue weighted by Crippen LogP contribution is -2.41. The largest absolute Gasteiger partial charge is 0.355 e. The number of hydrogen-bond donors (Lipinski definition) is 3. The van der Waals surface area contributed by atoms with Crippen LogP contribution in [0.3, 0.4) is 0 Å². The average molecular weight is 385 g/mol. The topological polar surface area (TPSA) is 104 Å². The molecule has 9 heteroatoms. The highest BCUT2D eigenvalue weighted by Crippen LogP contribution is 2.33. The van der Waals surface area contributed by atoms with Crippen LogP contribution in [0, 0.1) is 5.82 Å². The van der Waals surface area contributed by atoms with Gasteiger partial charge in [-0.2, -0.15) is 0 Å². The van der Waals surface area contributed by atoms with E-state index in [0.717, 1.165) is 0 Å². The molecular formula is C17H24FN3O4S. The molecule has 0 saturated carbocycles. The zero-order valence-corrected chi connectivity index (χ0v) is 16.0. The summed E-state index contributed by atoms with van der Waals surface area (Å²) in [6.45, 7) is 7.39. The van der Waals surface area contributed by atoms with E-state index in [-0.39, 0.29) is 30.7 Å². The third-order valence-electron chi connectivity index (χ3n) is 4.26. The second-order valence-electron chi connectivity index (χ2n) is 7.00. The molecule has 1 atom stereocenters. The number of rotatable bonds is 5. The van der Waals surface area contributed by atoms with Gasteiger partial charge in [0.2, 0.25) is 15.9 Å². The van der Waals surface area contributed by atoms with E-state index in [1.807, 2.05) is 32.4 Å². The van der Waals surface area contributed by atoms with Crippen molar-refractivity contribution in [3.8, 4) is 0 Å². The highest BCUT2D eigenvalue weighted by atomic mass is 32.2. The molecule has 7 nitrogen and oxygen atoms in total. The van der Waals surface area contributed by atoms with Crippen molar-refractivity contribution in [2.24, 2.45) is 0 Å². The molecule has 1 fully saturated rings. The van der Waals surface area contributed by atoms with Gasteiger partial charge in [-0.15, -0.1) is 0 Å². The highest BCUT2D eigenvalue weighted by Gasteiger charge is 2.34. The molecule has 3 amide bonds. The number of urea groups is 1. The van der Waals surface area contributed by atoms with Crippen LogP contribution in [0.2, 0.25) is 0 Å². The van der Waals surface area contributed by atoms with Crippen LogP contribution in [0.5, 0.6) is 0 Å². The molecule has 3 N–H and O–H groups in total. The van der Waals surface area contributed by atoms with Crippen molar-refractivity contribution in [1.82, 2.24) is 10.0 Å². The maximum absolute atomic E-state index is 13.9. The predicted octanol–water partition coefficient (Wildman–Crippen LogP) is 2.41.